The van der Waals surface area contributed by atoms with Crippen LogP contribution in [0.25, 0.3) is 21.5 Å². The third-order valence-corrected chi connectivity index (χ3v) is 12.3. The zero-order valence-electron chi connectivity index (χ0n) is 33.2. The minimum Gasteiger partial charge on any atom is -0.744 e. The standard InChI is InChI=1S/2C18H16N2O8S2.2Na/c2*1-10-8-14(15(28-2)9-17(10)30(25,26)27)20-19-13-5-3-4-12-11(13)6-7-16(18(12)21)29(22,23)24;;/h2*3-9,21H,1-2H3,(H,22,23,24)(H,25,26,27);;/q;;2*+1/p-2. The Labute approximate surface area is 398 Å². The quantitative estimate of drug-likeness (QED) is 0.0841. The number of fused-ring (bicyclic) bond motifs is 2. The number of methoxy groups -OCH3 is 2. The molecule has 0 aliphatic rings. The second-order valence-corrected chi connectivity index (χ2v) is 17.9. The molecular weight excluding hydrogens is 919 g/mol. The van der Waals surface area contributed by atoms with E-state index in [1.807, 2.05) is 0 Å². The number of hydrogen-bond acceptors (Lipinski definition) is 18. The zero-order chi connectivity index (χ0) is 44.5. The smallest absolute Gasteiger partial charge is 0.744 e. The van der Waals surface area contributed by atoms with E-state index in [-0.39, 0.29) is 125 Å². The van der Waals surface area contributed by atoms with Crippen LogP contribution in [0.15, 0.2) is 125 Å². The number of aryl methyl sites for hydroxylation is 2. The van der Waals surface area contributed by atoms with Crippen molar-refractivity contribution in [3.05, 3.63) is 96.1 Å². The Bertz CT molecular complexity index is 3020. The molecule has 0 amide bonds. The van der Waals surface area contributed by atoms with Crippen LogP contribution in [-0.2, 0) is 40.5 Å². The zero-order valence-corrected chi connectivity index (χ0v) is 40.5. The Morgan fingerprint density at radius 2 is 0.790 bits per heavy atom. The van der Waals surface area contributed by atoms with Crippen LogP contribution < -0.4 is 68.6 Å². The third kappa shape index (κ3) is 11.7. The average molecular weight is 949 g/mol. The van der Waals surface area contributed by atoms with Crippen molar-refractivity contribution in [1.82, 2.24) is 0 Å². The van der Waals surface area contributed by atoms with Crippen LogP contribution in [0.5, 0.6) is 23.0 Å². The van der Waals surface area contributed by atoms with Gasteiger partial charge in [0.2, 0.25) is 0 Å². The Morgan fingerprint density at radius 3 is 1.08 bits per heavy atom. The summed E-state index contributed by atoms with van der Waals surface area (Å²) in [5.41, 5.74) is 1.26. The van der Waals surface area contributed by atoms with Crippen LogP contribution >= 0.6 is 0 Å². The molecule has 0 saturated heterocycles. The molecule has 20 nitrogen and oxygen atoms in total. The van der Waals surface area contributed by atoms with E-state index in [0.29, 0.717) is 10.8 Å². The molecule has 316 valence electrons. The Balaban J connectivity index is 0.000000320. The van der Waals surface area contributed by atoms with Gasteiger partial charge in [-0.05, 0) is 61.4 Å². The number of hydrogen-bond donors (Lipinski definition) is 4. The third-order valence-electron chi connectivity index (χ3n) is 8.52. The first kappa shape index (κ1) is 52.2. The van der Waals surface area contributed by atoms with E-state index in [1.165, 1.54) is 76.6 Å². The molecule has 0 radical (unpaired) electrons. The van der Waals surface area contributed by atoms with E-state index >= 15 is 0 Å². The Morgan fingerprint density at radius 1 is 0.468 bits per heavy atom. The van der Waals surface area contributed by atoms with Crippen LogP contribution in [0.2, 0.25) is 0 Å². The van der Waals surface area contributed by atoms with Gasteiger partial charge in [0.25, 0.3) is 20.2 Å². The minimum atomic E-state index is -4.86. The summed E-state index contributed by atoms with van der Waals surface area (Å²) in [6.07, 6.45) is 0. The number of aromatic hydroxyl groups is 2. The maximum absolute atomic E-state index is 11.4. The van der Waals surface area contributed by atoms with Crippen LogP contribution in [0, 0.1) is 13.8 Å². The second kappa shape index (κ2) is 20.2. The predicted molar refractivity (Wildman–Crippen MR) is 211 cm³/mol. The fraction of sp³-hybridized carbons (Fsp3) is 0.111. The molecule has 0 bridgehead atoms. The number of phenolic OH excluding ortho intramolecular Hbond substituents is 2. The molecule has 6 aromatic rings. The SMILES string of the molecule is COc1cc(S(=O)(=O)O)c(C)cc1N=Nc1cccc2c(O)c(S(=O)(=O)[O-])ccc12.COc1cc(S(=O)(=O)O)c(C)cc1N=Nc1cccc2c(O)c(S(=O)(=O)[O-])ccc12.[Na+].[Na+]. The molecule has 0 aromatic heterocycles. The van der Waals surface area contributed by atoms with Gasteiger partial charge < -0.3 is 28.8 Å². The number of ether oxygens (including phenoxy) is 2. The first-order chi connectivity index (χ1) is 27.9. The maximum Gasteiger partial charge on any atom is 1.00 e. The molecule has 0 saturated carbocycles. The summed E-state index contributed by atoms with van der Waals surface area (Å²) in [6, 6.07) is 18.4. The summed E-state index contributed by atoms with van der Waals surface area (Å²) in [6.45, 7) is 2.92. The normalized spacial score (nSPS) is 12.1. The molecule has 0 atom stereocenters. The summed E-state index contributed by atoms with van der Waals surface area (Å²) in [4.78, 5) is -2.16. The number of benzene rings is 6. The van der Waals surface area contributed by atoms with Crippen LogP contribution in [0.3, 0.4) is 0 Å². The minimum absolute atomic E-state index is 0. The van der Waals surface area contributed by atoms with E-state index < -0.39 is 61.8 Å². The van der Waals surface area contributed by atoms with Crippen molar-refractivity contribution in [3.8, 4) is 23.0 Å². The summed E-state index contributed by atoms with van der Waals surface area (Å²) >= 11 is 0. The molecule has 6 aromatic carbocycles. The van der Waals surface area contributed by atoms with E-state index in [4.69, 9.17) is 9.47 Å². The molecule has 62 heavy (non-hydrogen) atoms. The van der Waals surface area contributed by atoms with Crippen molar-refractivity contribution in [3.63, 3.8) is 0 Å². The Kier molecular flexibility index (Phi) is 17.0. The molecule has 0 aliphatic heterocycles. The maximum atomic E-state index is 11.4. The number of rotatable bonds is 10. The van der Waals surface area contributed by atoms with Crippen molar-refractivity contribution in [1.29, 1.82) is 0 Å². The van der Waals surface area contributed by atoms with Gasteiger partial charge in [-0.3, -0.25) is 9.11 Å². The molecule has 0 aliphatic carbocycles. The van der Waals surface area contributed by atoms with E-state index in [0.717, 1.165) is 24.3 Å². The van der Waals surface area contributed by atoms with Gasteiger partial charge in [0.15, 0.2) is 0 Å². The molecule has 4 N–H and O–H groups in total. The van der Waals surface area contributed by atoms with Crippen molar-refractivity contribution in [2.24, 2.45) is 20.5 Å². The molecule has 26 heteroatoms. The van der Waals surface area contributed by atoms with E-state index in [1.54, 1.807) is 12.1 Å². The number of phenols is 2. The molecule has 0 fully saturated rings. The van der Waals surface area contributed by atoms with Gasteiger partial charge in [-0.2, -0.15) is 16.8 Å². The van der Waals surface area contributed by atoms with Gasteiger partial charge in [0.05, 0.1) is 35.4 Å². The molecule has 0 heterocycles. The van der Waals surface area contributed by atoms with Crippen molar-refractivity contribution < 1.29 is 131 Å². The topological polar surface area (TPSA) is 332 Å². The van der Waals surface area contributed by atoms with Gasteiger partial charge in [0, 0.05) is 33.7 Å². The average Bonchev–Trinajstić information content (AvgIpc) is 3.15. The van der Waals surface area contributed by atoms with Gasteiger partial charge in [-0.1, -0.05) is 36.4 Å². The summed E-state index contributed by atoms with van der Waals surface area (Å²) in [5.74, 6) is -1.30. The molecule has 6 rings (SSSR count). The molecule has 0 unspecified atom stereocenters. The van der Waals surface area contributed by atoms with Crippen molar-refractivity contribution in [2.75, 3.05) is 14.2 Å². The number of nitrogens with zero attached hydrogens (tertiary/aromatic N) is 4. The van der Waals surface area contributed by atoms with Crippen molar-refractivity contribution >= 4 is 84.8 Å². The van der Waals surface area contributed by atoms with Gasteiger partial charge in [-0.25, -0.2) is 16.8 Å². The predicted octanol–water partition coefficient (Wildman–Crippen LogP) is 0.865. The van der Waals surface area contributed by atoms with E-state index in [2.05, 4.69) is 20.5 Å². The monoisotopic (exact) mass is 948 g/mol. The van der Waals surface area contributed by atoms with Gasteiger partial charge >= 0.3 is 59.1 Å². The fourth-order valence-electron chi connectivity index (χ4n) is 5.75. The first-order valence-electron chi connectivity index (χ1n) is 16.4. The van der Waals surface area contributed by atoms with E-state index in [9.17, 15) is 62.1 Å². The van der Waals surface area contributed by atoms with Gasteiger partial charge in [0.1, 0.15) is 64.4 Å². The Hall–Kier alpha value is -4.12. The number of azo groups is 2. The fourth-order valence-corrected chi connectivity index (χ4v) is 8.36. The molecule has 0 spiro atoms. The van der Waals surface area contributed by atoms with Gasteiger partial charge in [-0.15, -0.1) is 20.5 Å². The first-order valence-corrected chi connectivity index (χ1v) is 22.1. The summed E-state index contributed by atoms with van der Waals surface area (Å²) in [5, 5.41) is 37.4. The molecular formula is C36H30N4Na2O16S4. The summed E-state index contributed by atoms with van der Waals surface area (Å²) in [7, 11) is -16.1. The second-order valence-electron chi connectivity index (χ2n) is 12.4. The van der Waals surface area contributed by atoms with Crippen LogP contribution in [0.1, 0.15) is 11.1 Å². The van der Waals surface area contributed by atoms with Crippen LogP contribution in [-0.4, -0.2) is 76.3 Å². The van der Waals surface area contributed by atoms with Crippen molar-refractivity contribution in [2.45, 2.75) is 33.4 Å². The van der Waals surface area contributed by atoms with Crippen LogP contribution in [0.4, 0.5) is 22.7 Å². The summed E-state index contributed by atoms with van der Waals surface area (Å²) < 4.78 is 142. The largest absolute Gasteiger partial charge is 1.00 e.